The van der Waals surface area contributed by atoms with Crippen molar-refractivity contribution in [1.82, 2.24) is 20.9 Å². The highest BCUT2D eigenvalue weighted by molar-refractivity contribution is 5.95. The van der Waals surface area contributed by atoms with Gasteiger partial charge in [0.25, 0.3) is 11.8 Å². The maximum Gasteiger partial charge on any atom is 0.291 e. The number of nitrogens with zero attached hydrogens (tertiary/aromatic N) is 3. The third-order valence-electron chi connectivity index (χ3n) is 3.59. The fourth-order valence-corrected chi connectivity index (χ4v) is 2.23. The molecule has 1 aromatic heterocycles. The molecule has 2 aromatic carbocycles. The van der Waals surface area contributed by atoms with Crippen molar-refractivity contribution in [2.24, 2.45) is 5.10 Å². The maximum absolute atomic E-state index is 12.2. The van der Waals surface area contributed by atoms with E-state index < -0.39 is 11.8 Å². The number of hydrogen-bond donors (Lipinski definition) is 3. The monoisotopic (exact) mass is 361 g/mol. The molecule has 8 nitrogen and oxygen atoms in total. The SMILES string of the molecule is O=C(NO)c1ccc(/C=N/NC(=O)c2cncc(-c3ccccc3)n2)cc1. The molecule has 0 radical (unpaired) electrons. The van der Waals surface area contributed by atoms with Crippen LogP contribution in [0.2, 0.25) is 0 Å². The summed E-state index contributed by atoms with van der Waals surface area (Å²) >= 11 is 0. The Labute approximate surface area is 154 Å². The summed E-state index contributed by atoms with van der Waals surface area (Å²) in [5.41, 5.74) is 6.48. The number of carbonyl (C=O) groups excluding carboxylic acids is 2. The fraction of sp³-hybridized carbons (Fsp3) is 0. The standard InChI is InChI=1S/C19H15N5O3/c25-18(24-27)15-8-6-13(7-9-15)10-21-23-19(26)17-12-20-11-16(22-17)14-4-2-1-3-5-14/h1-12,27H,(H,23,26)(H,24,25)/b21-10+. The predicted molar refractivity (Wildman–Crippen MR) is 98.2 cm³/mol. The molecule has 3 rings (SSSR count). The third-order valence-corrected chi connectivity index (χ3v) is 3.59. The lowest BCUT2D eigenvalue weighted by atomic mass is 10.1. The molecule has 3 N–H and O–H groups in total. The largest absolute Gasteiger partial charge is 0.291 e. The Morgan fingerprint density at radius 3 is 2.41 bits per heavy atom. The van der Waals surface area contributed by atoms with Gasteiger partial charge in [0.2, 0.25) is 0 Å². The third kappa shape index (κ3) is 4.59. The van der Waals surface area contributed by atoms with E-state index in [0.717, 1.165) is 5.56 Å². The maximum atomic E-state index is 12.2. The van der Waals surface area contributed by atoms with E-state index in [1.54, 1.807) is 23.8 Å². The van der Waals surface area contributed by atoms with E-state index >= 15 is 0 Å². The van der Waals surface area contributed by atoms with Crippen molar-refractivity contribution in [2.75, 3.05) is 0 Å². The first kappa shape index (κ1) is 17.9. The van der Waals surface area contributed by atoms with E-state index in [-0.39, 0.29) is 5.69 Å². The first-order valence-electron chi connectivity index (χ1n) is 7.93. The molecule has 0 aliphatic rings. The minimum atomic E-state index is -0.608. The lowest BCUT2D eigenvalue weighted by Gasteiger charge is -2.03. The molecular formula is C19H15N5O3. The van der Waals surface area contributed by atoms with Crippen LogP contribution in [0, 0.1) is 0 Å². The van der Waals surface area contributed by atoms with Gasteiger partial charge < -0.3 is 0 Å². The van der Waals surface area contributed by atoms with Crippen LogP contribution in [0.3, 0.4) is 0 Å². The van der Waals surface area contributed by atoms with Gasteiger partial charge in [-0.1, -0.05) is 42.5 Å². The molecule has 0 bridgehead atoms. The van der Waals surface area contributed by atoms with Crippen molar-refractivity contribution in [1.29, 1.82) is 0 Å². The van der Waals surface area contributed by atoms with Gasteiger partial charge in [0.05, 0.1) is 24.3 Å². The Hall–Kier alpha value is -3.91. The molecule has 0 aliphatic heterocycles. The summed E-state index contributed by atoms with van der Waals surface area (Å²) in [7, 11) is 0. The zero-order chi connectivity index (χ0) is 19.1. The van der Waals surface area contributed by atoms with Gasteiger partial charge in [0.1, 0.15) is 5.69 Å². The van der Waals surface area contributed by atoms with Gasteiger partial charge in [-0.3, -0.25) is 19.8 Å². The molecular weight excluding hydrogens is 346 g/mol. The minimum absolute atomic E-state index is 0.142. The van der Waals surface area contributed by atoms with Crippen LogP contribution in [0.15, 0.2) is 72.1 Å². The number of hydrazone groups is 1. The molecule has 0 unspecified atom stereocenters. The van der Waals surface area contributed by atoms with Crippen molar-refractivity contribution in [3.63, 3.8) is 0 Å². The van der Waals surface area contributed by atoms with Crippen LogP contribution >= 0.6 is 0 Å². The number of amides is 2. The van der Waals surface area contributed by atoms with Crippen molar-refractivity contribution in [2.45, 2.75) is 0 Å². The van der Waals surface area contributed by atoms with E-state index in [4.69, 9.17) is 5.21 Å². The molecule has 0 saturated carbocycles. The molecule has 2 amide bonds. The van der Waals surface area contributed by atoms with E-state index in [1.807, 2.05) is 30.3 Å². The van der Waals surface area contributed by atoms with Gasteiger partial charge in [-0.25, -0.2) is 15.9 Å². The second-order valence-corrected chi connectivity index (χ2v) is 5.42. The summed E-state index contributed by atoms with van der Waals surface area (Å²) in [6.07, 6.45) is 4.37. The van der Waals surface area contributed by atoms with Crippen LogP contribution in [0.25, 0.3) is 11.3 Å². The smallest absolute Gasteiger partial charge is 0.288 e. The van der Waals surface area contributed by atoms with Crippen molar-refractivity contribution >= 4 is 18.0 Å². The van der Waals surface area contributed by atoms with Crippen LogP contribution in [0.4, 0.5) is 0 Å². The van der Waals surface area contributed by atoms with Gasteiger partial charge in [-0.2, -0.15) is 5.10 Å². The molecule has 3 aromatic rings. The van der Waals surface area contributed by atoms with E-state index in [2.05, 4.69) is 20.5 Å². The van der Waals surface area contributed by atoms with Gasteiger partial charge in [-0.15, -0.1) is 0 Å². The number of nitrogens with one attached hydrogen (secondary N) is 2. The predicted octanol–water partition coefficient (Wildman–Crippen LogP) is 2.03. The molecule has 0 saturated heterocycles. The second-order valence-electron chi connectivity index (χ2n) is 5.42. The molecule has 1 heterocycles. The number of carbonyl (C=O) groups is 2. The van der Waals surface area contributed by atoms with Gasteiger partial charge in [-0.05, 0) is 17.7 Å². The lowest BCUT2D eigenvalue weighted by Crippen LogP contribution is -2.19. The molecule has 0 atom stereocenters. The Kier molecular flexibility index (Phi) is 5.60. The molecule has 0 spiro atoms. The Morgan fingerprint density at radius 1 is 0.963 bits per heavy atom. The van der Waals surface area contributed by atoms with Crippen LogP contribution in [-0.4, -0.2) is 33.2 Å². The topological polar surface area (TPSA) is 117 Å². The summed E-state index contributed by atoms with van der Waals surface area (Å²) in [6, 6.07) is 15.7. The number of benzene rings is 2. The normalized spacial score (nSPS) is 10.6. The van der Waals surface area contributed by atoms with Crippen LogP contribution < -0.4 is 10.9 Å². The highest BCUT2D eigenvalue weighted by Gasteiger charge is 2.09. The Balaban J connectivity index is 1.66. The number of hydroxylamine groups is 1. The number of aromatic nitrogens is 2. The quantitative estimate of drug-likeness (QED) is 0.365. The minimum Gasteiger partial charge on any atom is -0.288 e. The average molecular weight is 361 g/mol. The summed E-state index contributed by atoms with van der Waals surface area (Å²) in [6.45, 7) is 0. The van der Waals surface area contributed by atoms with Crippen molar-refractivity contribution < 1.29 is 14.8 Å². The first-order chi connectivity index (χ1) is 13.2. The van der Waals surface area contributed by atoms with E-state index in [0.29, 0.717) is 16.8 Å². The summed E-state index contributed by atoms with van der Waals surface area (Å²) in [5, 5.41) is 12.4. The molecule has 134 valence electrons. The highest BCUT2D eigenvalue weighted by Crippen LogP contribution is 2.15. The van der Waals surface area contributed by atoms with Gasteiger partial charge >= 0.3 is 0 Å². The number of rotatable bonds is 5. The van der Waals surface area contributed by atoms with E-state index in [9.17, 15) is 9.59 Å². The van der Waals surface area contributed by atoms with Crippen LogP contribution in [-0.2, 0) is 0 Å². The fourth-order valence-electron chi connectivity index (χ4n) is 2.23. The zero-order valence-corrected chi connectivity index (χ0v) is 14.0. The molecule has 8 heteroatoms. The summed E-state index contributed by atoms with van der Waals surface area (Å²) < 4.78 is 0. The Morgan fingerprint density at radius 2 is 1.70 bits per heavy atom. The molecule has 0 aliphatic carbocycles. The van der Waals surface area contributed by atoms with Crippen molar-refractivity contribution in [3.8, 4) is 11.3 Å². The summed E-state index contributed by atoms with van der Waals surface area (Å²) in [4.78, 5) is 31.8. The first-order valence-corrected chi connectivity index (χ1v) is 7.93. The van der Waals surface area contributed by atoms with E-state index in [1.165, 1.54) is 24.5 Å². The zero-order valence-electron chi connectivity index (χ0n) is 14.0. The average Bonchev–Trinajstić information content (AvgIpc) is 2.74. The lowest BCUT2D eigenvalue weighted by molar-refractivity contribution is 0.0706. The second kappa shape index (κ2) is 8.45. The summed E-state index contributed by atoms with van der Waals surface area (Å²) in [5.74, 6) is -1.10. The number of hydrogen-bond acceptors (Lipinski definition) is 6. The molecule has 0 fully saturated rings. The Bertz CT molecular complexity index is 972. The van der Waals surface area contributed by atoms with Gasteiger partial charge in [0.15, 0.2) is 0 Å². The van der Waals surface area contributed by atoms with Crippen molar-refractivity contribution in [3.05, 3.63) is 83.8 Å². The van der Waals surface area contributed by atoms with Crippen LogP contribution in [0.1, 0.15) is 26.4 Å². The highest BCUT2D eigenvalue weighted by atomic mass is 16.5. The van der Waals surface area contributed by atoms with Gasteiger partial charge in [0, 0.05) is 11.1 Å². The molecule has 27 heavy (non-hydrogen) atoms. The van der Waals surface area contributed by atoms with Crippen LogP contribution in [0.5, 0.6) is 0 Å².